The summed E-state index contributed by atoms with van der Waals surface area (Å²) in [5.74, 6) is 1.02. The number of hydrogen-bond donors (Lipinski definition) is 1. The fourth-order valence-corrected chi connectivity index (χ4v) is 2.08. The Bertz CT molecular complexity index is 618. The number of hydrogen-bond acceptors (Lipinski definition) is 3. The van der Waals surface area contributed by atoms with Crippen molar-refractivity contribution in [2.45, 2.75) is 6.54 Å². The standard InChI is InChI=1S/C14H11ClFNO2/c15-11-3-1-2-9(14(11)16)7-17-10-4-5-12-13(6-10)19-8-18-12/h1-6,17H,7-8H2. The Balaban J connectivity index is 1.74. The van der Waals surface area contributed by atoms with Crippen LogP contribution in [0.1, 0.15) is 5.56 Å². The first kappa shape index (κ1) is 12.1. The Morgan fingerprint density at radius 3 is 2.89 bits per heavy atom. The van der Waals surface area contributed by atoms with Crippen LogP contribution in [0.5, 0.6) is 11.5 Å². The lowest BCUT2D eigenvalue weighted by Crippen LogP contribution is -2.02. The van der Waals surface area contributed by atoms with Crippen molar-refractivity contribution < 1.29 is 13.9 Å². The van der Waals surface area contributed by atoms with Gasteiger partial charge in [-0.2, -0.15) is 0 Å². The summed E-state index contributed by atoms with van der Waals surface area (Å²) in [6.07, 6.45) is 0. The Hall–Kier alpha value is -1.94. The van der Waals surface area contributed by atoms with Crippen LogP contribution in [0, 0.1) is 5.82 Å². The summed E-state index contributed by atoms with van der Waals surface area (Å²) in [4.78, 5) is 0. The highest BCUT2D eigenvalue weighted by atomic mass is 35.5. The van der Waals surface area contributed by atoms with Crippen LogP contribution >= 0.6 is 11.6 Å². The maximum absolute atomic E-state index is 13.7. The fraction of sp³-hybridized carbons (Fsp3) is 0.143. The van der Waals surface area contributed by atoms with Crippen LogP contribution in [-0.2, 0) is 6.54 Å². The predicted molar refractivity (Wildman–Crippen MR) is 71.3 cm³/mol. The number of benzene rings is 2. The van der Waals surface area contributed by atoms with E-state index in [4.69, 9.17) is 21.1 Å². The SMILES string of the molecule is Fc1c(Cl)cccc1CNc1ccc2c(c1)OCO2. The van der Waals surface area contributed by atoms with Gasteiger partial charge in [-0.25, -0.2) is 4.39 Å². The molecule has 98 valence electrons. The first-order valence-corrected chi connectivity index (χ1v) is 6.18. The van der Waals surface area contributed by atoms with Gasteiger partial charge in [-0.05, 0) is 18.2 Å². The van der Waals surface area contributed by atoms with E-state index in [1.807, 2.05) is 18.2 Å². The van der Waals surface area contributed by atoms with Gasteiger partial charge in [0.15, 0.2) is 11.5 Å². The van der Waals surface area contributed by atoms with Crippen molar-refractivity contribution in [2.75, 3.05) is 12.1 Å². The molecule has 0 unspecified atom stereocenters. The van der Waals surface area contributed by atoms with Crippen LogP contribution in [-0.4, -0.2) is 6.79 Å². The number of fused-ring (bicyclic) bond motifs is 1. The summed E-state index contributed by atoms with van der Waals surface area (Å²) >= 11 is 5.73. The zero-order valence-corrected chi connectivity index (χ0v) is 10.7. The van der Waals surface area contributed by atoms with E-state index in [0.29, 0.717) is 17.9 Å². The first-order valence-electron chi connectivity index (χ1n) is 5.80. The van der Waals surface area contributed by atoms with Gasteiger partial charge in [-0.15, -0.1) is 0 Å². The van der Waals surface area contributed by atoms with E-state index >= 15 is 0 Å². The Labute approximate surface area is 114 Å². The van der Waals surface area contributed by atoms with E-state index in [9.17, 15) is 4.39 Å². The third-order valence-electron chi connectivity index (χ3n) is 2.89. The molecular formula is C14H11ClFNO2. The van der Waals surface area contributed by atoms with Gasteiger partial charge in [0, 0.05) is 23.9 Å². The van der Waals surface area contributed by atoms with Crippen molar-refractivity contribution in [1.82, 2.24) is 0 Å². The molecule has 1 heterocycles. The second kappa shape index (κ2) is 4.97. The minimum absolute atomic E-state index is 0.130. The van der Waals surface area contributed by atoms with E-state index < -0.39 is 5.82 Å². The first-order chi connectivity index (χ1) is 9.24. The topological polar surface area (TPSA) is 30.5 Å². The zero-order valence-electron chi connectivity index (χ0n) is 9.95. The van der Waals surface area contributed by atoms with Gasteiger partial charge < -0.3 is 14.8 Å². The molecule has 2 aromatic rings. The summed E-state index contributed by atoms with van der Waals surface area (Å²) in [5.41, 5.74) is 1.36. The van der Waals surface area contributed by atoms with Crippen LogP contribution < -0.4 is 14.8 Å². The van der Waals surface area contributed by atoms with Gasteiger partial charge in [-0.1, -0.05) is 23.7 Å². The van der Waals surface area contributed by atoms with Crippen molar-refractivity contribution in [3.63, 3.8) is 0 Å². The molecule has 1 aliphatic heterocycles. The van der Waals surface area contributed by atoms with Crippen molar-refractivity contribution in [3.05, 3.63) is 52.8 Å². The molecule has 0 saturated heterocycles. The molecule has 0 radical (unpaired) electrons. The number of nitrogens with one attached hydrogen (secondary N) is 1. The highest BCUT2D eigenvalue weighted by Crippen LogP contribution is 2.34. The summed E-state index contributed by atoms with van der Waals surface area (Å²) in [7, 11) is 0. The molecule has 5 heteroatoms. The molecule has 19 heavy (non-hydrogen) atoms. The molecule has 1 aliphatic rings. The summed E-state index contributed by atoms with van der Waals surface area (Å²) < 4.78 is 24.2. The molecule has 0 aromatic heterocycles. The van der Waals surface area contributed by atoms with E-state index in [0.717, 1.165) is 11.4 Å². The van der Waals surface area contributed by atoms with Crippen LogP contribution in [0.25, 0.3) is 0 Å². The number of ether oxygens (including phenoxy) is 2. The Morgan fingerprint density at radius 1 is 1.16 bits per heavy atom. The van der Waals surface area contributed by atoms with Crippen molar-refractivity contribution in [1.29, 1.82) is 0 Å². The highest BCUT2D eigenvalue weighted by molar-refractivity contribution is 6.30. The molecule has 1 N–H and O–H groups in total. The lowest BCUT2D eigenvalue weighted by Gasteiger charge is -2.08. The molecule has 3 nitrogen and oxygen atoms in total. The summed E-state index contributed by atoms with van der Waals surface area (Å²) in [5, 5.41) is 3.25. The molecular weight excluding hydrogens is 269 g/mol. The maximum Gasteiger partial charge on any atom is 0.231 e. The summed E-state index contributed by atoms with van der Waals surface area (Å²) in [6.45, 7) is 0.591. The molecule has 0 atom stereocenters. The molecule has 0 amide bonds. The summed E-state index contributed by atoms with van der Waals surface area (Å²) in [6, 6.07) is 10.4. The van der Waals surface area contributed by atoms with Crippen LogP contribution in [0.15, 0.2) is 36.4 Å². The maximum atomic E-state index is 13.7. The van der Waals surface area contributed by atoms with E-state index in [-0.39, 0.29) is 11.8 Å². The average Bonchev–Trinajstić information content (AvgIpc) is 2.88. The lowest BCUT2D eigenvalue weighted by molar-refractivity contribution is 0.174. The molecule has 2 aromatic carbocycles. The largest absolute Gasteiger partial charge is 0.454 e. The number of halogens is 2. The molecule has 0 aliphatic carbocycles. The van der Waals surface area contributed by atoms with Gasteiger partial charge in [-0.3, -0.25) is 0 Å². The van der Waals surface area contributed by atoms with Gasteiger partial charge >= 0.3 is 0 Å². The third-order valence-corrected chi connectivity index (χ3v) is 3.18. The molecule has 0 spiro atoms. The second-order valence-electron chi connectivity index (χ2n) is 4.13. The van der Waals surface area contributed by atoms with Gasteiger partial charge in [0.1, 0.15) is 5.82 Å². The normalized spacial score (nSPS) is 12.5. The van der Waals surface area contributed by atoms with Crippen LogP contribution in [0.3, 0.4) is 0 Å². The monoisotopic (exact) mass is 279 g/mol. The Kier molecular flexibility index (Phi) is 3.17. The third kappa shape index (κ3) is 2.44. The van der Waals surface area contributed by atoms with Crippen molar-refractivity contribution in [2.24, 2.45) is 0 Å². The number of anilines is 1. The molecule has 0 fully saturated rings. The van der Waals surface area contributed by atoms with Gasteiger partial charge in [0.2, 0.25) is 6.79 Å². The molecule has 0 bridgehead atoms. The van der Waals surface area contributed by atoms with Crippen LogP contribution in [0.2, 0.25) is 5.02 Å². The number of rotatable bonds is 3. The lowest BCUT2D eigenvalue weighted by atomic mass is 10.2. The quantitative estimate of drug-likeness (QED) is 0.926. The van der Waals surface area contributed by atoms with E-state index in [1.54, 1.807) is 12.1 Å². The highest BCUT2D eigenvalue weighted by Gasteiger charge is 2.13. The minimum atomic E-state index is -0.391. The molecule has 0 saturated carbocycles. The predicted octanol–water partition coefficient (Wildman–Crippen LogP) is 3.82. The molecule has 3 rings (SSSR count). The fourth-order valence-electron chi connectivity index (χ4n) is 1.89. The Morgan fingerprint density at radius 2 is 2.00 bits per heavy atom. The second-order valence-corrected chi connectivity index (χ2v) is 4.54. The van der Waals surface area contributed by atoms with Crippen molar-refractivity contribution in [3.8, 4) is 11.5 Å². The van der Waals surface area contributed by atoms with Crippen LogP contribution in [0.4, 0.5) is 10.1 Å². The minimum Gasteiger partial charge on any atom is -0.454 e. The van der Waals surface area contributed by atoms with Crippen molar-refractivity contribution >= 4 is 17.3 Å². The smallest absolute Gasteiger partial charge is 0.231 e. The van der Waals surface area contributed by atoms with E-state index in [2.05, 4.69) is 5.32 Å². The average molecular weight is 280 g/mol. The van der Waals surface area contributed by atoms with Gasteiger partial charge in [0.25, 0.3) is 0 Å². The van der Waals surface area contributed by atoms with E-state index in [1.165, 1.54) is 6.07 Å². The zero-order chi connectivity index (χ0) is 13.2. The van der Waals surface area contributed by atoms with Gasteiger partial charge in [0.05, 0.1) is 5.02 Å².